The maximum Gasteiger partial charge on any atom is 0.322 e. The van der Waals surface area contributed by atoms with Gasteiger partial charge in [-0.15, -0.1) is 12.8 Å². The number of esters is 1. The number of carbonyl (C=O) groups excluding carboxylic acids is 1. The number of hydrogen-bond acceptors (Lipinski definition) is 6. The summed E-state index contributed by atoms with van der Waals surface area (Å²) in [6.45, 7) is 7.19. The van der Waals surface area contributed by atoms with E-state index in [0.717, 1.165) is 19.3 Å². The minimum atomic E-state index is -0.317. The quantitative estimate of drug-likeness (QED) is 0.491. The molecule has 176 valence electrons. The monoisotopic (exact) mass is 434 g/mol. The third-order valence-electron chi connectivity index (χ3n) is 6.46. The molecule has 6 atom stereocenters. The fraction of sp³-hybridized carbons (Fsp3) is 0.720. The molecule has 2 fully saturated rings. The van der Waals surface area contributed by atoms with E-state index in [0.29, 0.717) is 31.1 Å². The van der Waals surface area contributed by atoms with E-state index in [4.69, 9.17) is 14.2 Å². The van der Waals surface area contributed by atoms with Crippen molar-refractivity contribution in [3.05, 3.63) is 23.3 Å². The third-order valence-corrected chi connectivity index (χ3v) is 6.46. The summed E-state index contributed by atoms with van der Waals surface area (Å²) in [7, 11) is 7.52. The zero-order valence-corrected chi connectivity index (χ0v) is 20.4. The highest BCUT2D eigenvalue weighted by molar-refractivity contribution is 5.75. The van der Waals surface area contributed by atoms with Crippen molar-refractivity contribution in [2.45, 2.75) is 64.3 Å². The lowest BCUT2D eigenvalue weighted by Crippen LogP contribution is -2.56. The largest absolute Gasteiger partial charge is 0.468 e. The van der Waals surface area contributed by atoms with E-state index in [1.807, 2.05) is 20.8 Å². The summed E-state index contributed by atoms with van der Waals surface area (Å²) in [5, 5.41) is 3.47. The van der Waals surface area contributed by atoms with Gasteiger partial charge in [0.1, 0.15) is 6.04 Å². The summed E-state index contributed by atoms with van der Waals surface area (Å²) < 4.78 is 16.4. The zero-order chi connectivity index (χ0) is 23.6. The lowest BCUT2D eigenvalue weighted by molar-refractivity contribution is -0.143. The Morgan fingerprint density at radius 1 is 1.29 bits per heavy atom. The smallest absolute Gasteiger partial charge is 0.322 e. The highest BCUT2D eigenvalue weighted by Crippen LogP contribution is 2.49. The Hall–Kier alpha value is -1.65. The van der Waals surface area contributed by atoms with Gasteiger partial charge in [0.15, 0.2) is 0 Å². The zero-order valence-electron chi connectivity index (χ0n) is 20.4. The van der Waals surface area contributed by atoms with Crippen molar-refractivity contribution in [3.63, 3.8) is 0 Å². The van der Waals surface area contributed by atoms with Crippen molar-refractivity contribution in [2.75, 3.05) is 41.5 Å². The van der Waals surface area contributed by atoms with E-state index in [9.17, 15) is 4.79 Å². The summed E-state index contributed by atoms with van der Waals surface area (Å²) in [5.74, 6) is 0.807. The van der Waals surface area contributed by atoms with Crippen molar-refractivity contribution in [3.8, 4) is 12.8 Å². The summed E-state index contributed by atoms with van der Waals surface area (Å²) >= 11 is 0. The minimum absolute atomic E-state index is 0.124. The Morgan fingerprint density at radius 3 is 2.55 bits per heavy atom. The van der Waals surface area contributed by atoms with E-state index >= 15 is 0 Å². The fourth-order valence-electron chi connectivity index (χ4n) is 5.19. The number of hydrogen-bond donors (Lipinski definition) is 1. The number of methoxy groups -OCH3 is 2. The Kier molecular flexibility index (Phi) is 12.1. The molecule has 0 amide bonds. The van der Waals surface area contributed by atoms with Crippen LogP contribution in [0.5, 0.6) is 0 Å². The van der Waals surface area contributed by atoms with Crippen LogP contribution in [0.1, 0.15) is 40.0 Å². The predicted octanol–water partition coefficient (Wildman–Crippen LogP) is 3.04. The van der Waals surface area contributed by atoms with Crippen LogP contribution in [-0.2, 0) is 19.0 Å². The molecule has 1 saturated heterocycles. The first-order chi connectivity index (χ1) is 15.0. The first kappa shape index (κ1) is 27.4. The van der Waals surface area contributed by atoms with Gasteiger partial charge in [-0.05, 0) is 57.3 Å². The van der Waals surface area contributed by atoms with Crippen LogP contribution in [0.15, 0.2) is 23.3 Å². The first-order valence-electron chi connectivity index (χ1n) is 11.3. The molecule has 6 nitrogen and oxygen atoms in total. The van der Waals surface area contributed by atoms with Gasteiger partial charge in [-0.1, -0.05) is 26.0 Å². The standard InChI is InChI=1S/C21H34N2O4.C2H6.C2H2/c1-13(21(24)26-5)22-17-9-8-15-18(23(2)3)11-14(7-6-10-25-4)16-12-27-20(17)19(15)16;2*1-2/h6-7,13,15,17-20,22H,8-12H2,1-5H3;1-2H3;1-2H/b7-6-;;. The van der Waals surface area contributed by atoms with Gasteiger partial charge in [0.2, 0.25) is 0 Å². The molecular weight excluding hydrogens is 392 g/mol. The molecule has 1 aliphatic heterocycles. The SMILES string of the molecule is C#C.CC.COC/C=C\C1=C2COC3C(NC(C)C(=O)OC)CCC(C23)C(N(C)C)C1. The molecule has 0 aromatic heterocycles. The van der Waals surface area contributed by atoms with Gasteiger partial charge in [-0.2, -0.15) is 0 Å². The van der Waals surface area contributed by atoms with E-state index in [2.05, 4.69) is 49.3 Å². The van der Waals surface area contributed by atoms with Crippen molar-refractivity contribution in [2.24, 2.45) is 11.8 Å². The summed E-state index contributed by atoms with van der Waals surface area (Å²) in [5.41, 5.74) is 2.85. The molecule has 2 aliphatic carbocycles. The highest BCUT2D eigenvalue weighted by Gasteiger charge is 2.51. The van der Waals surface area contributed by atoms with Crippen LogP contribution in [-0.4, -0.2) is 76.6 Å². The van der Waals surface area contributed by atoms with E-state index in [-0.39, 0.29) is 24.2 Å². The van der Waals surface area contributed by atoms with Crippen LogP contribution in [0, 0.1) is 24.7 Å². The van der Waals surface area contributed by atoms with E-state index in [1.165, 1.54) is 18.3 Å². The van der Waals surface area contributed by atoms with Crippen LogP contribution in [0.2, 0.25) is 0 Å². The van der Waals surface area contributed by atoms with Gasteiger partial charge in [-0.25, -0.2) is 0 Å². The molecule has 0 aromatic rings. The second-order valence-corrected chi connectivity index (χ2v) is 8.20. The average molecular weight is 435 g/mol. The Bertz CT molecular complexity index is 641. The predicted molar refractivity (Wildman–Crippen MR) is 126 cm³/mol. The molecule has 6 heteroatoms. The Labute approximate surface area is 189 Å². The molecule has 0 aromatic carbocycles. The molecule has 0 bridgehead atoms. The lowest BCUT2D eigenvalue weighted by Gasteiger charge is -2.47. The maximum absolute atomic E-state index is 11.9. The van der Waals surface area contributed by atoms with Crippen LogP contribution >= 0.6 is 0 Å². The van der Waals surface area contributed by atoms with Crippen LogP contribution < -0.4 is 5.32 Å². The van der Waals surface area contributed by atoms with Crippen LogP contribution in [0.4, 0.5) is 0 Å². The van der Waals surface area contributed by atoms with Crippen molar-refractivity contribution < 1.29 is 19.0 Å². The number of nitrogens with zero attached hydrogens (tertiary/aromatic N) is 1. The summed E-state index contributed by atoms with van der Waals surface area (Å²) in [6, 6.07) is 0.384. The number of carbonyl (C=O) groups is 1. The number of nitrogens with one attached hydrogen (secondary N) is 1. The van der Waals surface area contributed by atoms with Gasteiger partial charge in [0.25, 0.3) is 0 Å². The number of terminal acetylenes is 1. The second-order valence-electron chi connectivity index (χ2n) is 8.20. The molecular formula is C25H42N2O4. The molecule has 6 unspecified atom stereocenters. The maximum atomic E-state index is 11.9. The molecule has 3 aliphatic rings. The van der Waals surface area contributed by atoms with E-state index in [1.54, 1.807) is 7.11 Å². The van der Waals surface area contributed by atoms with E-state index < -0.39 is 0 Å². The third kappa shape index (κ3) is 6.43. The highest BCUT2D eigenvalue weighted by atomic mass is 16.5. The molecule has 1 saturated carbocycles. The molecule has 1 heterocycles. The lowest BCUT2D eigenvalue weighted by atomic mass is 9.64. The summed E-state index contributed by atoms with van der Waals surface area (Å²) in [6.07, 6.45) is 15.7. The van der Waals surface area contributed by atoms with Crippen molar-refractivity contribution in [1.82, 2.24) is 10.2 Å². The van der Waals surface area contributed by atoms with Gasteiger partial charge >= 0.3 is 5.97 Å². The summed E-state index contributed by atoms with van der Waals surface area (Å²) in [4.78, 5) is 14.2. The topological polar surface area (TPSA) is 60.0 Å². The van der Waals surface area contributed by atoms with Gasteiger partial charge < -0.3 is 19.1 Å². The molecule has 0 radical (unpaired) electrons. The number of allylic oxidation sites excluding steroid dienone is 1. The van der Waals surface area contributed by atoms with Crippen molar-refractivity contribution >= 4 is 5.97 Å². The van der Waals surface area contributed by atoms with Crippen molar-refractivity contribution in [1.29, 1.82) is 0 Å². The Morgan fingerprint density at radius 2 is 1.97 bits per heavy atom. The van der Waals surface area contributed by atoms with Gasteiger partial charge in [-0.3, -0.25) is 10.1 Å². The molecule has 31 heavy (non-hydrogen) atoms. The van der Waals surface area contributed by atoms with Crippen LogP contribution in [0.3, 0.4) is 0 Å². The van der Waals surface area contributed by atoms with Gasteiger partial charge in [0.05, 0.1) is 26.4 Å². The normalized spacial score (nSPS) is 30.1. The average Bonchev–Trinajstić information content (AvgIpc) is 3.25. The Balaban J connectivity index is 0.00000113. The molecule has 0 spiro atoms. The fourth-order valence-corrected chi connectivity index (χ4v) is 5.19. The second kappa shape index (κ2) is 13.7. The minimum Gasteiger partial charge on any atom is -0.468 e. The van der Waals surface area contributed by atoms with Gasteiger partial charge in [0, 0.05) is 25.1 Å². The van der Waals surface area contributed by atoms with Crippen LogP contribution in [0.25, 0.3) is 0 Å². The molecule has 3 rings (SSSR count). The number of rotatable bonds is 7. The molecule has 1 N–H and O–H groups in total. The number of ether oxygens (including phenoxy) is 3. The first-order valence-corrected chi connectivity index (χ1v) is 11.3.